The number of aromatic nitrogens is 1. The average molecular weight is 299 g/mol. The third kappa shape index (κ3) is 3.78. The lowest BCUT2D eigenvalue weighted by molar-refractivity contribution is 0.0169. The van der Waals surface area contributed by atoms with Crippen molar-refractivity contribution in [2.24, 2.45) is 0 Å². The highest BCUT2D eigenvalue weighted by atomic mass is 79.9. The lowest BCUT2D eigenvalue weighted by Gasteiger charge is -2.22. The third-order valence-electron chi connectivity index (χ3n) is 2.73. The molecule has 2 heterocycles. The van der Waals surface area contributed by atoms with Crippen LogP contribution in [0.2, 0.25) is 0 Å². The summed E-state index contributed by atoms with van der Waals surface area (Å²) in [4.78, 5) is 15.8. The first kappa shape index (κ1) is 12.5. The summed E-state index contributed by atoms with van der Waals surface area (Å²) in [7, 11) is 0. The van der Waals surface area contributed by atoms with E-state index in [0.29, 0.717) is 12.1 Å². The Labute approximate surface area is 109 Å². The number of carbonyl (C=O) groups excluding carboxylic acids is 1. The van der Waals surface area contributed by atoms with E-state index in [1.807, 2.05) is 0 Å². The fourth-order valence-electron chi connectivity index (χ4n) is 1.81. The van der Waals surface area contributed by atoms with Gasteiger partial charge in [0.2, 0.25) is 0 Å². The lowest BCUT2D eigenvalue weighted by atomic mass is 10.1. The van der Waals surface area contributed by atoms with Crippen molar-refractivity contribution in [3.05, 3.63) is 28.5 Å². The van der Waals surface area contributed by atoms with Gasteiger partial charge in [0.15, 0.2) is 0 Å². The first-order valence-electron chi connectivity index (χ1n) is 5.76. The topological polar surface area (TPSA) is 51.2 Å². The molecule has 1 amide bonds. The fourth-order valence-corrected chi connectivity index (χ4v) is 2.18. The van der Waals surface area contributed by atoms with Gasteiger partial charge in [0.05, 0.1) is 11.7 Å². The van der Waals surface area contributed by atoms with Gasteiger partial charge in [-0.15, -0.1) is 0 Å². The Bertz CT molecular complexity index is 392. The molecule has 1 saturated heterocycles. The monoisotopic (exact) mass is 298 g/mol. The molecule has 0 spiro atoms. The molecule has 0 saturated carbocycles. The van der Waals surface area contributed by atoms with Gasteiger partial charge in [-0.05, 0) is 41.3 Å². The van der Waals surface area contributed by atoms with Gasteiger partial charge in [0.25, 0.3) is 5.91 Å². The number of nitrogens with one attached hydrogen (secondary N) is 1. The summed E-state index contributed by atoms with van der Waals surface area (Å²) in [6.45, 7) is 1.38. The molecule has 1 aliphatic heterocycles. The van der Waals surface area contributed by atoms with Crippen molar-refractivity contribution in [3.8, 4) is 0 Å². The van der Waals surface area contributed by atoms with E-state index in [-0.39, 0.29) is 12.0 Å². The fraction of sp³-hybridized carbons (Fsp3) is 0.500. The van der Waals surface area contributed by atoms with E-state index in [0.717, 1.165) is 23.9 Å². The second kappa shape index (κ2) is 6.12. The molecule has 1 unspecified atom stereocenters. The van der Waals surface area contributed by atoms with E-state index in [1.54, 1.807) is 18.5 Å². The van der Waals surface area contributed by atoms with Gasteiger partial charge in [-0.1, -0.05) is 0 Å². The van der Waals surface area contributed by atoms with Crippen molar-refractivity contribution in [1.29, 1.82) is 0 Å². The number of rotatable bonds is 3. The highest BCUT2D eigenvalue weighted by Crippen LogP contribution is 2.12. The zero-order valence-electron chi connectivity index (χ0n) is 9.49. The molecule has 1 aromatic rings. The smallest absolute Gasteiger partial charge is 0.252 e. The van der Waals surface area contributed by atoms with Crippen LogP contribution in [0.3, 0.4) is 0 Å². The molecule has 1 aromatic heterocycles. The van der Waals surface area contributed by atoms with Gasteiger partial charge in [0, 0.05) is 30.0 Å². The zero-order valence-corrected chi connectivity index (χ0v) is 11.1. The van der Waals surface area contributed by atoms with Crippen molar-refractivity contribution in [2.45, 2.75) is 25.4 Å². The molecule has 0 aliphatic carbocycles. The quantitative estimate of drug-likeness (QED) is 0.930. The Hall–Kier alpha value is -0.940. The molecule has 1 N–H and O–H groups in total. The molecule has 0 bridgehead atoms. The molecule has 1 fully saturated rings. The first-order valence-corrected chi connectivity index (χ1v) is 6.55. The molecule has 1 aliphatic rings. The number of hydrogen-bond donors (Lipinski definition) is 1. The van der Waals surface area contributed by atoms with Crippen LogP contribution in [-0.4, -0.2) is 30.1 Å². The molecular weight excluding hydrogens is 284 g/mol. The summed E-state index contributed by atoms with van der Waals surface area (Å²) in [5.41, 5.74) is 0.565. The van der Waals surface area contributed by atoms with Crippen molar-refractivity contribution < 1.29 is 9.53 Å². The summed E-state index contributed by atoms with van der Waals surface area (Å²) < 4.78 is 6.35. The Kier molecular flexibility index (Phi) is 4.50. The molecule has 0 radical (unpaired) electrons. The van der Waals surface area contributed by atoms with Crippen LogP contribution < -0.4 is 5.32 Å². The van der Waals surface area contributed by atoms with E-state index in [1.165, 1.54) is 6.42 Å². The number of hydrogen-bond acceptors (Lipinski definition) is 3. The molecule has 2 rings (SSSR count). The summed E-state index contributed by atoms with van der Waals surface area (Å²) in [6.07, 6.45) is 6.70. The van der Waals surface area contributed by atoms with E-state index in [9.17, 15) is 4.79 Å². The van der Waals surface area contributed by atoms with Crippen molar-refractivity contribution in [2.75, 3.05) is 13.2 Å². The molecular formula is C12H15BrN2O2. The van der Waals surface area contributed by atoms with Crippen LogP contribution in [0, 0.1) is 0 Å². The van der Waals surface area contributed by atoms with Crippen LogP contribution in [0.4, 0.5) is 0 Å². The number of carbonyl (C=O) groups is 1. The number of halogens is 1. The molecule has 92 valence electrons. The minimum Gasteiger partial charge on any atom is -0.376 e. The number of nitrogens with zero attached hydrogens (tertiary/aromatic N) is 1. The highest BCUT2D eigenvalue weighted by molar-refractivity contribution is 9.10. The highest BCUT2D eigenvalue weighted by Gasteiger charge is 2.15. The molecule has 4 nitrogen and oxygen atoms in total. The summed E-state index contributed by atoms with van der Waals surface area (Å²) in [6, 6.07) is 1.75. The predicted molar refractivity (Wildman–Crippen MR) is 67.9 cm³/mol. The van der Waals surface area contributed by atoms with Crippen LogP contribution in [0.5, 0.6) is 0 Å². The minimum atomic E-state index is -0.104. The van der Waals surface area contributed by atoms with Crippen LogP contribution in [-0.2, 0) is 4.74 Å². The first-order chi connectivity index (χ1) is 8.25. The maximum Gasteiger partial charge on any atom is 0.252 e. The standard InChI is InChI=1S/C12H15BrN2O2/c13-10-5-9(6-14-7-10)12(16)15-8-11-3-1-2-4-17-11/h5-7,11H,1-4,8H2,(H,15,16). The Morgan fingerprint density at radius 1 is 1.53 bits per heavy atom. The van der Waals surface area contributed by atoms with Gasteiger partial charge < -0.3 is 10.1 Å². The summed E-state index contributed by atoms with van der Waals surface area (Å²) >= 11 is 3.29. The van der Waals surface area contributed by atoms with E-state index in [4.69, 9.17) is 4.74 Å². The van der Waals surface area contributed by atoms with Crippen LogP contribution in [0.1, 0.15) is 29.6 Å². The lowest BCUT2D eigenvalue weighted by Crippen LogP contribution is -2.35. The van der Waals surface area contributed by atoms with E-state index < -0.39 is 0 Å². The number of amides is 1. The van der Waals surface area contributed by atoms with Crippen molar-refractivity contribution >= 4 is 21.8 Å². The maximum atomic E-state index is 11.8. The molecule has 1 atom stereocenters. The predicted octanol–water partition coefficient (Wildman–Crippen LogP) is 2.14. The van der Waals surface area contributed by atoms with Crippen LogP contribution >= 0.6 is 15.9 Å². The van der Waals surface area contributed by atoms with E-state index >= 15 is 0 Å². The molecule has 17 heavy (non-hydrogen) atoms. The van der Waals surface area contributed by atoms with Crippen LogP contribution in [0.15, 0.2) is 22.9 Å². The SMILES string of the molecule is O=C(NCC1CCCCO1)c1cncc(Br)c1. The normalized spacial score (nSPS) is 19.9. The average Bonchev–Trinajstić information content (AvgIpc) is 2.37. The number of pyridine rings is 1. The largest absolute Gasteiger partial charge is 0.376 e. The summed E-state index contributed by atoms with van der Waals surface area (Å²) in [5.74, 6) is -0.104. The Morgan fingerprint density at radius 2 is 2.41 bits per heavy atom. The second-order valence-corrected chi connectivity index (χ2v) is 5.01. The Balaban J connectivity index is 1.84. The van der Waals surface area contributed by atoms with Gasteiger partial charge >= 0.3 is 0 Å². The zero-order chi connectivity index (χ0) is 12.1. The van der Waals surface area contributed by atoms with Gasteiger partial charge in [-0.2, -0.15) is 0 Å². The molecule has 0 aromatic carbocycles. The van der Waals surface area contributed by atoms with E-state index in [2.05, 4.69) is 26.2 Å². The van der Waals surface area contributed by atoms with Gasteiger partial charge in [-0.3, -0.25) is 9.78 Å². The molecule has 5 heteroatoms. The maximum absolute atomic E-state index is 11.8. The second-order valence-electron chi connectivity index (χ2n) is 4.09. The van der Waals surface area contributed by atoms with Gasteiger partial charge in [0.1, 0.15) is 0 Å². The van der Waals surface area contributed by atoms with Crippen LogP contribution in [0.25, 0.3) is 0 Å². The summed E-state index contributed by atoms with van der Waals surface area (Å²) in [5, 5.41) is 2.87. The van der Waals surface area contributed by atoms with Gasteiger partial charge in [-0.25, -0.2) is 0 Å². The Morgan fingerprint density at radius 3 is 3.12 bits per heavy atom. The van der Waals surface area contributed by atoms with Crippen molar-refractivity contribution in [1.82, 2.24) is 10.3 Å². The minimum absolute atomic E-state index is 0.104. The number of ether oxygens (including phenoxy) is 1. The van der Waals surface area contributed by atoms with Crippen molar-refractivity contribution in [3.63, 3.8) is 0 Å². The third-order valence-corrected chi connectivity index (χ3v) is 3.17.